The quantitative estimate of drug-likeness (QED) is 0.635. The number of nitro groups is 1. The minimum absolute atomic E-state index is 0.195. The van der Waals surface area contributed by atoms with E-state index in [0.717, 1.165) is 0 Å². The molecule has 0 aliphatic rings. The van der Waals surface area contributed by atoms with Crippen LogP contribution in [-0.2, 0) is 16.0 Å². The van der Waals surface area contributed by atoms with Gasteiger partial charge < -0.3 is 15.2 Å². The third-order valence-electron chi connectivity index (χ3n) is 2.60. The minimum atomic E-state index is -1.32. The highest BCUT2D eigenvalue weighted by Crippen LogP contribution is 2.19. The zero-order chi connectivity index (χ0) is 16.9. The number of nitrogens with zero attached hydrogens (tertiary/aromatic N) is 1. The van der Waals surface area contributed by atoms with Gasteiger partial charge in [-0.3, -0.25) is 10.1 Å². The highest BCUT2D eigenvalue weighted by Gasteiger charge is 2.26. The van der Waals surface area contributed by atoms with Crippen molar-refractivity contribution in [2.75, 3.05) is 0 Å². The topological polar surface area (TPSA) is 119 Å². The third kappa shape index (κ3) is 5.39. The lowest BCUT2D eigenvalue weighted by Crippen LogP contribution is -2.44. The second kappa shape index (κ2) is 6.88. The number of carboxylic acids is 1. The van der Waals surface area contributed by atoms with Crippen LogP contribution >= 0.6 is 0 Å². The van der Waals surface area contributed by atoms with E-state index in [2.05, 4.69) is 5.32 Å². The molecular weight excluding hydrogens is 292 g/mol. The summed E-state index contributed by atoms with van der Waals surface area (Å²) in [7, 11) is 0. The van der Waals surface area contributed by atoms with Gasteiger partial charge in [0.2, 0.25) is 0 Å². The van der Waals surface area contributed by atoms with E-state index in [4.69, 9.17) is 4.74 Å². The fourth-order valence-electron chi connectivity index (χ4n) is 1.73. The van der Waals surface area contributed by atoms with E-state index in [0.29, 0.717) is 0 Å². The van der Waals surface area contributed by atoms with Crippen molar-refractivity contribution < 1.29 is 24.4 Å². The largest absolute Gasteiger partial charge is 0.480 e. The number of carbonyl (C=O) groups is 2. The van der Waals surface area contributed by atoms with Gasteiger partial charge in [-0.25, -0.2) is 9.59 Å². The fraction of sp³-hybridized carbons (Fsp3) is 0.429. The maximum absolute atomic E-state index is 11.7. The molecule has 0 aliphatic carbocycles. The monoisotopic (exact) mass is 310 g/mol. The molecule has 0 fully saturated rings. The number of aliphatic carboxylic acids is 1. The Labute approximate surface area is 127 Å². The second-order valence-electron chi connectivity index (χ2n) is 5.63. The van der Waals surface area contributed by atoms with Crippen molar-refractivity contribution in [2.45, 2.75) is 38.8 Å². The van der Waals surface area contributed by atoms with Gasteiger partial charge in [0.05, 0.1) is 4.92 Å². The number of amides is 1. The molecule has 120 valence electrons. The lowest BCUT2D eigenvalue weighted by Gasteiger charge is -2.22. The zero-order valence-electron chi connectivity index (χ0n) is 12.5. The summed E-state index contributed by atoms with van der Waals surface area (Å²) >= 11 is 0. The van der Waals surface area contributed by atoms with E-state index < -0.39 is 28.6 Å². The number of para-hydroxylation sites is 1. The van der Waals surface area contributed by atoms with Gasteiger partial charge in [-0.2, -0.15) is 0 Å². The molecule has 0 aliphatic heterocycles. The van der Waals surface area contributed by atoms with Crippen molar-refractivity contribution >= 4 is 17.7 Å². The number of hydrogen-bond donors (Lipinski definition) is 2. The van der Waals surface area contributed by atoms with Gasteiger partial charge >= 0.3 is 12.1 Å². The summed E-state index contributed by atoms with van der Waals surface area (Å²) in [4.78, 5) is 33.2. The van der Waals surface area contributed by atoms with E-state index in [-0.39, 0.29) is 17.7 Å². The van der Waals surface area contributed by atoms with Crippen molar-refractivity contribution in [3.63, 3.8) is 0 Å². The Balaban J connectivity index is 2.88. The van der Waals surface area contributed by atoms with E-state index in [9.17, 15) is 24.8 Å². The Kier molecular flexibility index (Phi) is 5.44. The van der Waals surface area contributed by atoms with E-state index >= 15 is 0 Å². The number of ether oxygens (including phenoxy) is 1. The number of alkyl carbamates (subject to hydrolysis) is 1. The number of benzene rings is 1. The maximum atomic E-state index is 11.7. The van der Waals surface area contributed by atoms with Crippen molar-refractivity contribution in [3.8, 4) is 0 Å². The maximum Gasteiger partial charge on any atom is 0.408 e. The molecule has 0 spiro atoms. The lowest BCUT2D eigenvalue weighted by atomic mass is 10.0. The molecule has 0 bridgehead atoms. The SMILES string of the molecule is CC(C)(C)OC(=O)N[C@@H](Cc1ccccc1[N+](=O)[O-])C(=O)O. The Morgan fingerprint density at radius 2 is 1.95 bits per heavy atom. The Hall–Kier alpha value is -2.64. The molecule has 0 aromatic heterocycles. The predicted molar refractivity (Wildman–Crippen MR) is 77.6 cm³/mol. The molecule has 2 N–H and O–H groups in total. The van der Waals surface area contributed by atoms with Crippen LogP contribution in [0.3, 0.4) is 0 Å². The van der Waals surface area contributed by atoms with E-state index in [1.165, 1.54) is 18.2 Å². The Bertz CT molecular complexity index is 579. The van der Waals surface area contributed by atoms with Gasteiger partial charge in [-0.15, -0.1) is 0 Å². The summed E-state index contributed by atoms with van der Waals surface area (Å²) in [5.74, 6) is -1.30. The summed E-state index contributed by atoms with van der Waals surface area (Å²) in [6, 6.07) is 4.45. The first-order valence-electron chi connectivity index (χ1n) is 6.55. The summed E-state index contributed by atoms with van der Waals surface area (Å²) in [5.41, 5.74) is -0.748. The van der Waals surface area contributed by atoms with Gasteiger partial charge in [0.15, 0.2) is 0 Å². The molecule has 0 heterocycles. The number of hydrogen-bond acceptors (Lipinski definition) is 5. The highest BCUT2D eigenvalue weighted by atomic mass is 16.6. The molecule has 0 saturated heterocycles. The first-order valence-corrected chi connectivity index (χ1v) is 6.55. The summed E-state index contributed by atoms with van der Waals surface area (Å²) in [6.45, 7) is 4.93. The molecule has 1 aromatic carbocycles. The van der Waals surface area contributed by atoms with E-state index in [1.54, 1.807) is 26.8 Å². The van der Waals surface area contributed by atoms with Crippen molar-refractivity contribution in [3.05, 3.63) is 39.9 Å². The smallest absolute Gasteiger partial charge is 0.408 e. The first-order chi connectivity index (χ1) is 10.1. The number of nitro benzene ring substituents is 1. The van der Waals surface area contributed by atoms with Gasteiger partial charge in [-0.1, -0.05) is 18.2 Å². The Morgan fingerprint density at radius 1 is 1.36 bits per heavy atom. The van der Waals surface area contributed by atoms with E-state index in [1.807, 2.05) is 0 Å². The average molecular weight is 310 g/mol. The van der Waals surface area contributed by atoms with Gasteiger partial charge in [-0.05, 0) is 20.8 Å². The van der Waals surface area contributed by atoms with Gasteiger partial charge in [0.25, 0.3) is 5.69 Å². The van der Waals surface area contributed by atoms with Crippen LogP contribution in [0.5, 0.6) is 0 Å². The lowest BCUT2D eigenvalue weighted by molar-refractivity contribution is -0.385. The molecular formula is C14H18N2O6. The van der Waals surface area contributed by atoms with Crippen LogP contribution in [0.2, 0.25) is 0 Å². The van der Waals surface area contributed by atoms with Crippen LogP contribution in [0.15, 0.2) is 24.3 Å². The molecule has 1 rings (SSSR count). The van der Waals surface area contributed by atoms with Crippen LogP contribution in [0.4, 0.5) is 10.5 Å². The van der Waals surface area contributed by atoms with Crippen molar-refractivity contribution in [1.29, 1.82) is 0 Å². The van der Waals surface area contributed by atoms with Crippen LogP contribution in [0.1, 0.15) is 26.3 Å². The molecule has 8 nitrogen and oxygen atoms in total. The number of nitrogens with one attached hydrogen (secondary N) is 1. The van der Waals surface area contributed by atoms with Gasteiger partial charge in [0, 0.05) is 18.1 Å². The van der Waals surface area contributed by atoms with Crippen LogP contribution in [-0.4, -0.2) is 33.7 Å². The minimum Gasteiger partial charge on any atom is -0.480 e. The predicted octanol–water partition coefficient (Wildman–Crippen LogP) is 2.12. The molecule has 8 heteroatoms. The highest BCUT2D eigenvalue weighted by molar-refractivity contribution is 5.80. The zero-order valence-corrected chi connectivity index (χ0v) is 12.5. The fourth-order valence-corrected chi connectivity index (χ4v) is 1.73. The first kappa shape index (κ1) is 17.4. The third-order valence-corrected chi connectivity index (χ3v) is 2.60. The van der Waals surface area contributed by atoms with Crippen LogP contribution < -0.4 is 5.32 Å². The van der Waals surface area contributed by atoms with Crippen LogP contribution in [0, 0.1) is 10.1 Å². The van der Waals surface area contributed by atoms with Crippen molar-refractivity contribution in [2.24, 2.45) is 0 Å². The van der Waals surface area contributed by atoms with Gasteiger partial charge in [0.1, 0.15) is 11.6 Å². The summed E-state index contributed by atoms with van der Waals surface area (Å²) in [6.07, 6.45) is -1.11. The van der Waals surface area contributed by atoms with Crippen LogP contribution in [0.25, 0.3) is 0 Å². The normalized spacial score (nSPS) is 12.3. The molecule has 1 aromatic rings. The summed E-state index contributed by atoms with van der Waals surface area (Å²) in [5, 5.41) is 22.3. The molecule has 0 saturated carbocycles. The second-order valence-corrected chi connectivity index (χ2v) is 5.63. The molecule has 1 atom stereocenters. The van der Waals surface area contributed by atoms with Crippen molar-refractivity contribution in [1.82, 2.24) is 5.32 Å². The number of carbonyl (C=O) groups excluding carboxylic acids is 1. The number of rotatable bonds is 5. The standard InChI is InChI=1S/C14H18N2O6/c1-14(2,3)22-13(19)15-10(12(17)18)8-9-6-4-5-7-11(9)16(20)21/h4-7,10H,8H2,1-3H3,(H,15,19)(H,17,18)/t10-/m0/s1. The molecule has 22 heavy (non-hydrogen) atoms. The number of carboxylic acid groups (broad SMARTS) is 1. The Morgan fingerprint density at radius 3 is 2.45 bits per heavy atom. The molecule has 0 radical (unpaired) electrons. The summed E-state index contributed by atoms with van der Waals surface area (Å²) < 4.78 is 4.99. The molecule has 1 amide bonds. The average Bonchev–Trinajstić information content (AvgIpc) is 2.35. The molecule has 0 unspecified atom stereocenters.